The summed E-state index contributed by atoms with van der Waals surface area (Å²) in [6.45, 7) is 3.23. The number of nitrogens with zero attached hydrogens (tertiary/aromatic N) is 3. The SMILES string of the molecule is CN1CCC(Cn2c(N)nc3cccc(Cl)c32)CC1. The summed E-state index contributed by atoms with van der Waals surface area (Å²) < 4.78 is 2.08. The summed E-state index contributed by atoms with van der Waals surface area (Å²) >= 11 is 6.29. The first-order valence-corrected chi connectivity index (χ1v) is 7.11. The standard InChI is InChI=1S/C14H19ClN4/c1-18-7-5-10(6-8-18)9-19-13-11(15)3-2-4-12(13)17-14(19)16/h2-4,10H,5-9H2,1H3,(H2,16,17). The lowest BCUT2D eigenvalue weighted by Crippen LogP contribution is -2.32. The van der Waals surface area contributed by atoms with E-state index < -0.39 is 0 Å². The third-order valence-electron chi connectivity index (χ3n) is 4.03. The van der Waals surface area contributed by atoms with Gasteiger partial charge in [-0.05, 0) is 51.0 Å². The zero-order chi connectivity index (χ0) is 13.4. The lowest BCUT2D eigenvalue weighted by molar-refractivity contribution is 0.206. The summed E-state index contributed by atoms with van der Waals surface area (Å²) in [4.78, 5) is 6.77. The van der Waals surface area contributed by atoms with E-state index >= 15 is 0 Å². The van der Waals surface area contributed by atoms with E-state index in [4.69, 9.17) is 17.3 Å². The fourth-order valence-corrected chi connectivity index (χ4v) is 3.12. The van der Waals surface area contributed by atoms with Crippen LogP contribution in [-0.4, -0.2) is 34.6 Å². The molecule has 0 bridgehead atoms. The number of para-hydroxylation sites is 1. The molecule has 1 aliphatic heterocycles. The topological polar surface area (TPSA) is 47.1 Å². The summed E-state index contributed by atoms with van der Waals surface area (Å²) in [7, 11) is 2.17. The third-order valence-corrected chi connectivity index (χ3v) is 4.33. The second-order valence-corrected chi connectivity index (χ2v) is 5.84. The number of nitrogen functional groups attached to an aromatic ring is 1. The number of hydrogen-bond donors (Lipinski definition) is 1. The van der Waals surface area contributed by atoms with Crippen molar-refractivity contribution in [3.8, 4) is 0 Å². The molecule has 0 unspecified atom stereocenters. The highest BCUT2D eigenvalue weighted by atomic mass is 35.5. The van der Waals surface area contributed by atoms with Gasteiger partial charge in [-0.1, -0.05) is 17.7 Å². The molecule has 19 heavy (non-hydrogen) atoms. The molecule has 0 saturated carbocycles. The first-order chi connectivity index (χ1) is 9.15. The smallest absolute Gasteiger partial charge is 0.201 e. The summed E-state index contributed by atoms with van der Waals surface area (Å²) in [6, 6.07) is 5.77. The number of imidazole rings is 1. The minimum Gasteiger partial charge on any atom is -0.369 e. The van der Waals surface area contributed by atoms with Gasteiger partial charge in [-0.15, -0.1) is 0 Å². The van der Waals surface area contributed by atoms with Crippen LogP contribution in [0.25, 0.3) is 11.0 Å². The van der Waals surface area contributed by atoms with Crippen molar-refractivity contribution in [1.82, 2.24) is 14.5 Å². The maximum Gasteiger partial charge on any atom is 0.201 e. The lowest BCUT2D eigenvalue weighted by atomic mass is 9.97. The van der Waals surface area contributed by atoms with Crippen LogP contribution in [-0.2, 0) is 6.54 Å². The van der Waals surface area contributed by atoms with Gasteiger partial charge in [-0.3, -0.25) is 0 Å². The molecule has 0 amide bonds. The largest absolute Gasteiger partial charge is 0.369 e. The zero-order valence-electron chi connectivity index (χ0n) is 11.1. The molecule has 4 nitrogen and oxygen atoms in total. The van der Waals surface area contributed by atoms with E-state index in [1.54, 1.807) is 0 Å². The van der Waals surface area contributed by atoms with Crippen molar-refractivity contribution in [2.24, 2.45) is 5.92 Å². The molecule has 1 saturated heterocycles. The molecule has 0 aliphatic carbocycles. The van der Waals surface area contributed by atoms with Crippen molar-refractivity contribution < 1.29 is 0 Å². The quantitative estimate of drug-likeness (QED) is 0.919. The first kappa shape index (κ1) is 12.8. The van der Waals surface area contributed by atoms with Gasteiger partial charge in [0.2, 0.25) is 5.95 Å². The Morgan fingerprint density at radius 2 is 2.11 bits per heavy atom. The second-order valence-electron chi connectivity index (χ2n) is 5.43. The molecule has 1 aliphatic rings. The molecule has 0 radical (unpaired) electrons. The van der Waals surface area contributed by atoms with Crippen LogP contribution < -0.4 is 5.73 Å². The minimum absolute atomic E-state index is 0.571. The fourth-order valence-electron chi connectivity index (χ4n) is 2.85. The average molecular weight is 279 g/mol. The number of rotatable bonds is 2. The van der Waals surface area contributed by atoms with E-state index in [2.05, 4.69) is 21.5 Å². The van der Waals surface area contributed by atoms with Crippen molar-refractivity contribution in [3.05, 3.63) is 23.2 Å². The molecule has 0 atom stereocenters. The Bertz CT molecular complexity index is 584. The van der Waals surface area contributed by atoms with Gasteiger partial charge in [-0.2, -0.15) is 0 Å². The molecular weight excluding hydrogens is 260 g/mol. The molecule has 2 aromatic rings. The van der Waals surface area contributed by atoms with Gasteiger partial charge >= 0.3 is 0 Å². The van der Waals surface area contributed by atoms with Crippen LogP contribution in [0.4, 0.5) is 5.95 Å². The predicted octanol–water partition coefficient (Wildman–Crippen LogP) is 2.61. The summed E-state index contributed by atoms with van der Waals surface area (Å²) in [5.74, 6) is 1.23. The van der Waals surface area contributed by atoms with Crippen molar-refractivity contribution in [1.29, 1.82) is 0 Å². The van der Waals surface area contributed by atoms with Gasteiger partial charge in [0.1, 0.15) is 0 Å². The first-order valence-electron chi connectivity index (χ1n) is 6.74. The Balaban J connectivity index is 1.90. The molecule has 1 aromatic carbocycles. The highest BCUT2D eigenvalue weighted by Gasteiger charge is 2.20. The van der Waals surface area contributed by atoms with Crippen molar-refractivity contribution in [2.45, 2.75) is 19.4 Å². The van der Waals surface area contributed by atoms with Crippen LogP contribution in [0.2, 0.25) is 5.02 Å². The van der Waals surface area contributed by atoms with Gasteiger partial charge in [0.25, 0.3) is 0 Å². The zero-order valence-corrected chi connectivity index (χ0v) is 11.9. The number of benzene rings is 1. The van der Waals surface area contributed by atoms with Gasteiger partial charge < -0.3 is 15.2 Å². The van der Waals surface area contributed by atoms with Crippen LogP contribution in [0.15, 0.2) is 18.2 Å². The maximum atomic E-state index is 6.29. The second kappa shape index (κ2) is 5.02. The summed E-state index contributed by atoms with van der Waals surface area (Å²) in [5, 5.41) is 0.731. The van der Waals surface area contributed by atoms with E-state index in [1.807, 2.05) is 18.2 Å². The molecular formula is C14H19ClN4. The Kier molecular flexibility index (Phi) is 3.37. The van der Waals surface area contributed by atoms with Crippen LogP contribution in [0.3, 0.4) is 0 Å². The van der Waals surface area contributed by atoms with Gasteiger partial charge in [0.15, 0.2) is 0 Å². The fraction of sp³-hybridized carbons (Fsp3) is 0.500. The number of halogens is 1. The number of piperidine rings is 1. The molecule has 0 spiro atoms. The van der Waals surface area contributed by atoms with E-state index in [0.717, 1.165) is 35.7 Å². The predicted molar refractivity (Wildman–Crippen MR) is 79.4 cm³/mol. The highest BCUT2D eigenvalue weighted by Crippen LogP contribution is 2.28. The van der Waals surface area contributed by atoms with Crippen molar-refractivity contribution in [3.63, 3.8) is 0 Å². The minimum atomic E-state index is 0.571. The van der Waals surface area contributed by atoms with Gasteiger partial charge in [0, 0.05) is 6.54 Å². The number of aromatic nitrogens is 2. The molecule has 2 N–H and O–H groups in total. The molecule has 1 aromatic heterocycles. The Hall–Kier alpha value is -1.26. The Labute approximate surface area is 118 Å². The monoisotopic (exact) mass is 278 g/mol. The van der Waals surface area contributed by atoms with Crippen LogP contribution in [0.5, 0.6) is 0 Å². The maximum absolute atomic E-state index is 6.29. The molecule has 5 heteroatoms. The van der Waals surface area contributed by atoms with Crippen LogP contribution in [0, 0.1) is 5.92 Å². The molecule has 3 rings (SSSR count). The van der Waals surface area contributed by atoms with Crippen LogP contribution in [0.1, 0.15) is 12.8 Å². The lowest BCUT2D eigenvalue weighted by Gasteiger charge is -2.29. The molecule has 102 valence electrons. The molecule has 2 heterocycles. The molecule has 1 fully saturated rings. The number of hydrogen-bond acceptors (Lipinski definition) is 3. The third kappa shape index (κ3) is 2.42. The number of nitrogens with two attached hydrogens (primary N) is 1. The van der Waals surface area contributed by atoms with Crippen LogP contribution >= 0.6 is 11.6 Å². The van der Waals surface area contributed by atoms with E-state index in [1.165, 1.54) is 12.8 Å². The van der Waals surface area contributed by atoms with E-state index in [0.29, 0.717) is 11.9 Å². The normalized spacial score (nSPS) is 18.2. The van der Waals surface area contributed by atoms with Gasteiger partial charge in [-0.25, -0.2) is 4.98 Å². The Morgan fingerprint density at radius 3 is 2.84 bits per heavy atom. The average Bonchev–Trinajstić information content (AvgIpc) is 2.70. The van der Waals surface area contributed by atoms with Crippen molar-refractivity contribution in [2.75, 3.05) is 25.9 Å². The number of likely N-dealkylation sites (tertiary alicyclic amines) is 1. The number of anilines is 1. The highest BCUT2D eigenvalue weighted by molar-refractivity contribution is 6.35. The summed E-state index contributed by atoms with van der Waals surface area (Å²) in [5.41, 5.74) is 7.91. The van der Waals surface area contributed by atoms with Gasteiger partial charge in [0.05, 0.1) is 16.1 Å². The summed E-state index contributed by atoms with van der Waals surface area (Å²) in [6.07, 6.45) is 2.42. The Morgan fingerprint density at radius 1 is 1.37 bits per heavy atom. The van der Waals surface area contributed by atoms with Crippen molar-refractivity contribution >= 4 is 28.6 Å². The van der Waals surface area contributed by atoms with E-state index in [9.17, 15) is 0 Å². The van der Waals surface area contributed by atoms with E-state index in [-0.39, 0.29) is 0 Å². The number of fused-ring (bicyclic) bond motifs is 1.